The van der Waals surface area contributed by atoms with Gasteiger partial charge in [0.1, 0.15) is 12.2 Å². The first-order chi connectivity index (χ1) is 15.1. The van der Waals surface area contributed by atoms with Crippen LogP contribution in [0.1, 0.15) is 71.0 Å². The number of fused-ring (bicyclic) bond motifs is 3. The first kappa shape index (κ1) is 20.7. The van der Waals surface area contributed by atoms with Crippen LogP contribution < -0.4 is 10.2 Å². The smallest absolute Gasteiger partial charge is 0.225 e. The zero-order chi connectivity index (χ0) is 21.4. The molecule has 1 saturated heterocycles. The van der Waals surface area contributed by atoms with Crippen molar-refractivity contribution >= 4 is 22.9 Å². The highest BCUT2D eigenvalue weighted by molar-refractivity contribution is 5.85. The molecule has 0 aromatic carbocycles. The summed E-state index contributed by atoms with van der Waals surface area (Å²) in [4.78, 5) is 29.6. The average Bonchev–Trinajstić information content (AvgIpc) is 2.97. The third-order valence-corrected chi connectivity index (χ3v) is 8.00. The molecular weight excluding hydrogens is 388 g/mol. The molecule has 5 rings (SSSR count). The Morgan fingerprint density at radius 2 is 1.94 bits per heavy atom. The lowest BCUT2D eigenvalue weighted by molar-refractivity contribution is -0.126. The highest BCUT2D eigenvalue weighted by Gasteiger charge is 2.33. The number of piperidine rings is 1. The number of anilines is 1. The van der Waals surface area contributed by atoms with Gasteiger partial charge in [-0.3, -0.25) is 4.79 Å². The van der Waals surface area contributed by atoms with Gasteiger partial charge in [-0.2, -0.15) is 0 Å². The van der Waals surface area contributed by atoms with E-state index in [2.05, 4.69) is 38.6 Å². The molecule has 4 heterocycles. The van der Waals surface area contributed by atoms with Crippen molar-refractivity contribution in [1.82, 2.24) is 24.8 Å². The molecule has 1 amide bonds. The first-order valence-electron chi connectivity index (χ1n) is 12.4. The third-order valence-electron chi connectivity index (χ3n) is 8.00. The average molecular weight is 425 g/mol. The predicted octanol–water partition coefficient (Wildman–Crippen LogP) is 3.71. The van der Waals surface area contributed by atoms with Crippen LogP contribution in [-0.4, -0.2) is 44.6 Å². The molecule has 2 aromatic rings. The second-order valence-corrected chi connectivity index (χ2v) is 10.0. The van der Waals surface area contributed by atoms with Crippen LogP contribution in [0.5, 0.6) is 0 Å². The Bertz CT molecular complexity index is 940. The fourth-order valence-electron chi connectivity index (χ4n) is 5.83. The first-order valence-corrected chi connectivity index (χ1v) is 12.4. The standard InChI is InChI=1S/C24H36N6O/c1-16-8-6-10-19(17(16)2)27-24(31)18-9-7-12-29(14-18)22-21-23(26-15-25-22)30-13-5-3-4-11-20(30)28-21/h15-19H,3-14H2,1-2H3,(H,27,31)/t16-,17-,18+,19+/m1/s1. The number of imidazole rings is 1. The monoisotopic (exact) mass is 424 g/mol. The summed E-state index contributed by atoms with van der Waals surface area (Å²) in [5.74, 6) is 3.53. The number of aryl methyl sites for hydroxylation is 2. The van der Waals surface area contributed by atoms with Crippen molar-refractivity contribution < 1.29 is 4.79 Å². The summed E-state index contributed by atoms with van der Waals surface area (Å²) >= 11 is 0. The van der Waals surface area contributed by atoms with Gasteiger partial charge in [0, 0.05) is 32.1 Å². The zero-order valence-corrected chi connectivity index (χ0v) is 19.0. The largest absolute Gasteiger partial charge is 0.354 e. The Hall–Kier alpha value is -2.18. The second-order valence-electron chi connectivity index (χ2n) is 10.0. The molecule has 1 aliphatic carbocycles. The predicted molar refractivity (Wildman–Crippen MR) is 122 cm³/mol. The SMILES string of the molecule is C[C@@H]1[C@H](C)CCC[C@@H]1NC(=O)[C@H]1CCCN(c2ncnc3c2nc2n3CCCCC2)C1. The molecule has 0 spiro atoms. The lowest BCUT2D eigenvalue weighted by atomic mass is 9.78. The van der Waals surface area contributed by atoms with E-state index < -0.39 is 0 Å². The molecule has 0 radical (unpaired) electrons. The van der Waals surface area contributed by atoms with Crippen molar-refractivity contribution in [2.45, 2.75) is 84.2 Å². The van der Waals surface area contributed by atoms with Gasteiger partial charge in [0.2, 0.25) is 5.91 Å². The fraction of sp³-hybridized carbons (Fsp3) is 0.750. The lowest BCUT2D eigenvalue weighted by Crippen LogP contribution is -2.49. The third kappa shape index (κ3) is 4.03. The van der Waals surface area contributed by atoms with Crippen molar-refractivity contribution in [1.29, 1.82) is 0 Å². The van der Waals surface area contributed by atoms with Crippen LogP contribution >= 0.6 is 0 Å². The number of carbonyl (C=O) groups is 1. The summed E-state index contributed by atoms with van der Waals surface area (Å²) in [6.07, 6.45) is 11.9. The zero-order valence-electron chi connectivity index (χ0n) is 19.0. The van der Waals surface area contributed by atoms with Crippen molar-refractivity contribution in [2.75, 3.05) is 18.0 Å². The van der Waals surface area contributed by atoms with Gasteiger partial charge in [-0.25, -0.2) is 15.0 Å². The number of hydrogen-bond donors (Lipinski definition) is 1. The minimum absolute atomic E-state index is 0.0173. The molecule has 1 saturated carbocycles. The Kier molecular flexibility index (Phi) is 5.85. The molecule has 2 aliphatic heterocycles. The van der Waals surface area contributed by atoms with Gasteiger partial charge in [0.15, 0.2) is 17.0 Å². The van der Waals surface area contributed by atoms with Gasteiger partial charge >= 0.3 is 0 Å². The van der Waals surface area contributed by atoms with Gasteiger partial charge in [-0.1, -0.05) is 33.1 Å². The Morgan fingerprint density at radius 3 is 2.84 bits per heavy atom. The number of aromatic nitrogens is 4. The molecule has 0 bridgehead atoms. The molecule has 7 heteroatoms. The van der Waals surface area contributed by atoms with Gasteiger partial charge < -0.3 is 14.8 Å². The number of amides is 1. The summed E-state index contributed by atoms with van der Waals surface area (Å²) in [5.41, 5.74) is 1.87. The number of nitrogens with zero attached hydrogens (tertiary/aromatic N) is 5. The van der Waals surface area contributed by atoms with E-state index in [0.29, 0.717) is 17.9 Å². The molecular formula is C24H36N6O. The Balaban J connectivity index is 1.33. The van der Waals surface area contributed by atoms with Crippen molar-refractivity contribution in [2.24, 2.45) is 17.8 Å². The summed E-state index contributed by atoms with van der Waals surface area (Å²) < 4.78 is 2.29. The topological polar surface area (TPSA) is 75.9 Å². The minimum Gasteiger partial charge on any atom is -0.354 e. The molecule has 0 unspecified atom stereocenters. The van der Waals surface area contributed by atoms with E-state index in [-0.39, 0.29) is 11.8 Å². The van der Waals surface area contributed by atoms with E-state index in [9.17, 15) is 4.79 Å². The van der Waals surface area contributed by atoms with Gasteiger partial charge in [0.05, 0.1) is 5.92 Å². The van der Waals surface area contributed by atoms with E-state index in [0.717, 1.165) is 68.1 Å². The molecule has 7 nitrogen and oxygen atoms in total. The maximum Gasteiger partial charge on any atom is 0.225 e. The number of rotatable bonds is 3. The molecule has 31 heavy (non-hydrogen) atoms. The van der Waals surface area contributed by atoms with Crippen molar-refractivity contribution in [3.8, 4) is 0 Å². The van der Waals surface area contributed by atoms with Gasteiger partial charge in [-0.05, 0) is 43.9 Å². The van der Waals surface area contributed by atoms with E-state index >= 15 is 0 Å². The van der Waals surface area contributed by atoms with Crippen LogP contribution in [0.25, 0.3) is 11.2 Å². The lowest BCUT2D eigenvalue weighted by Gasteiger charge is -2.37. The van der Waals surface area contributed by atoms with Crippen LogP contribution in [0.3, 0.4) is 0 Å². The molecule has 2 fully saturated rings. The van der Waals surface area contributed by atoms with Gasteiger partial charge in [-0.15, -0.1) is 0 Å². The van der Waals surface area contributed by atoms with Gasteiger partial charge in [0.25, 0.3) is 0 Å². The highest BCUT2D eigenvalue weighted by Crippen LogP contribution is 2.32. The quantitative estimate of drug-likeness (QED) is 0.813. The summed E-state index contributed by atoms with van der Waals surface area (Å²) in [7, 11) is 0. The Labute approximate surface area is 185 Å². The summed E-state index contributed by atoms with van der Waals surface area (Å²) in [5, 5.41) is 3.41. The molecule has 4 atom stereocenters. The van der Waals surface area contributed by atoms with Crippen LogP contribution in [0, 0.1) is 17.8 Å². The number of nitrogens with one attached hydrogen (secondary N) is 1. The molecule has 1 N–H and O–H groups in total. The van der Waals surface area contributed by atoms with Crippen molar-refractivity contribution in [3.05, 3.63) is 12.2 Å². The van der Waals surface area contributed by atoms with Crippen LogP contribution in [0.15, 0.2) is 6.33 Å². The molecule has 2 aromatic heterocycles. The summed E-state index contributed by atoms with van der Waals surface area (Å²) in [6.45, 7) is 7.25. The normalized spacial score (nSPS) is 29.4. The maximum absolute atomic E-state index is 13.2. The van der Waals surface area contributed by atoms with E-state index in [1.165, 1.54) is 32.1 Å². The van der Waals surface area contributed by atoms with Crippen molar-refractivity contribution in [3.63, 3.8) is 0 Å². The Morgan fingerprint density at radius 1 is 1.03 bits per heavy atom. The van der Waals surface area contributed by atoms with E-state index in [1.54, 1.807) is 6.33 Å². The molecule has 3 aliphatic rings. The second kappa shape index (κ2) is 8.75. The number of hydrogen-bond acceptors (Lipinski definition) is 5. The minimum atomic E-state index is 0.0173. The van der Waals surface area contributed by atoms with E-state index in [1.807, 2.05) is 0 Å². The van der Waals surface area contributed by atoms with Crippen LogP contribution in [0.4, 0.5) is 5.82 Å². The van der Waals surface area contributed by atoms with E-state index in [4.69, 9.17) is 4.98 Å². The molecule has 168 valence electrons. The fourth-order valence-corrected chi connectivity index (χ4v) is 5.83. The highest BCUT2D eigenvalue weighted by atomic mass is 16.2. The van der Waals surface area contributed by atoms with Crippen LogP contribution in [0.2, 0.25) is 0 Å². The number of carbonyl (C=O) groups excluding carboxylic acids is 1. The van der Waals surface area contributed by atoms with Crippen LogP contribution in [-0.2, 0) is 17.8 Å². The maximum atomic E-state index is 13.2. The summed E-state index contributed by atoms with van der Waals surface area (Å²) in [6, 6.07) is 0.321.